The molecule has 1 unspecified atom stereocenters. The van der Waals surface area contributed by atoms with Gasteiger partial charge >= 0.3 is 0 Å². The number of aliphatic hydroxyl groups excluding tert-OH is 1. The van der Waals surface area contributed by atoms with Crippen LogP contribution < -0.4 is 5.32 Å². The molecule has 1 aliphatic rings. The molecule has 0 heterocycles. The molecule has 24 heavy (non-hydrogen) atoms. The Hall–Kier alpha value is -1.98. The molecule has 0 saturated carbocycles. The van der Waals surface area contributed by atoms with Gasteiger partial charge in [-0.1, -0.05) is 13.8 Å². The Morgan fingerprint density at radius 2 is 1.92 bits per heavy atom. The third-order valence-electron chi connectivity index (χ3n) is 4.37. The van der Waals surface area contributed by atoms with E-state index in [1.807, 2.05) is 31.2 Å². The predicted octanol–water partition coefficient (Wildman–Crippen LogP) is 3.24. The third kappa shape index (κ3) is 5.01. The summed E-state index contributed by atoms with van der Waals surface area (Å²) in [7, 11) is 0. The second kappa shape index (κ2) is 8.76. The fraction of sp³-hybridized carbons (Fsp3) is 0.474. The average molecular weight is 328 g/mol. The van der Waals surface area contributed by atoms with E-state index in [0.717, 1.165) is 43.1 Å². The maximum Gasteiger partial charge on any atom is 0.0846 e. The minimum atomic E-state index is -0.547. The number of aliphatic hydroxyl groups is 1. The average Bonchev–Trinajstić information content (AvgIpc) is 2.58. The van der Waals surface area contributed by atoms with Crippen molar-refractivity contribution in [1.82, 2.24) is 4.90 Å². The van der Waals surface area contributed by atoms with Crippen molar-refractivity contribution in [3.05, 3.63) is 35.9 Å². The SMILES string of the molecule is CCN(CC)CCNc1ccc(N=C2C=C(C)C(O)CC2=N)cc1. The molecule has 0 radical (unpaired) electrons. The van der Waals surface area contributed by atoms with Gasteiger partial charge in [0.2, 0.25) is 0 Å². The van der Waals surface area contributed by atoms with Gasteiger partial charge in [-0.25, -0.2) is 4.99 Å². The quantitative estimate of drug-likeness (QED) is 0.719. The molecule has 0 saturated heterocycles. The summed E-state index contributed by atoms with van der Waals surface area (Å²) in [5.41, 5.74) is 3.78. The molecule has 130 valence electrons. The molecular weight excluding hydrogens is 300 g/mol. The molecule has 0 aliphatic heterocycles. The molecule has 5 nitrogen and oxygen atoms in total. The molecule has 1 aromatic rings. The number of rotatable bonds is 7. The molecule has 1 aromatic carbocycles. The van der Waals surface area contributed by atoms with E-state index in [9.17, 15) is 5.11 Å². The summed E-state index contributed by atoms with van der Waals surface area (Å²) in [6.07, 6.45) is 1.59. The van der Waals surface area contributed by atoms with Gasteiger partial charge in [0, 0.05) is 25.2 Å². The Kier molecular flexibility index (Phi) is 6.70. The Labute approximate surface area is 144 Å². The third-order valence-corrected chi connectivity index (χ3v) is 4.37. The fourth-order valence-electron chi connectivity index (χ4n) is 2.65. The molecule has 0 aromatic heterocycles. The number of hydrogen-bond donors (Lipinski definition) is 3. The highest BCUT2D eigenvalue weighted by Gasteiger charge is 2.19. The van der Waals surface area contributed by atoms with Crippen molar-refractivity contribution in [2.45, 2.75) is 33.3 Å². The number of hydrogen-bond acceptors (Lipinski definition) is 5. The maximum atomic E-state index is 9.75. The van der Waals surface area contributed by atoms with E-state index < -0.39 is 6.10 Å². The van der Waals surface area contributed by atoms with E-state index in [-0.39, 0.29) is 0 Å². The normalized spacial score (nSPS) is 19.7. The monoisotopic (exact) mass is 328 g/mol. The van der Waals surface area contributed by atoms with E-state index in [1.165, 1.54) is 0 Å². The maximum absolute atomic E-state index is 9.75. The van der Waals surface area contributed by atoms with Crippen molar-refractivity contribution in [1.29, 1.82) is 5.41 Å². The van der Waals surface area contributed by atoms with Gasteiger partial charge in [-0.2, -0.15) is 0 Å². The standard InChI is InChI=1S/C19H28N4O/c1-4-23(5-2)11-10-21-15-6-8-16(9-7-15)22-18-12-14(3)19(24)13-17(18)20/h6-9,12,19-21,24H,4-5,10-11,13H2,1-3H3. The minimum absolute atomic E-state index is 0.339. The summed E-state index contributed by atoms with van der Waals surface area (Å²) in [6.45, 7) is 10.3. The largest absolute Gasteiger partial charge is 0.388 e. The van der Waals surface area contributed by atoms with Crippen molar-refractivity contribution >= 4 is 22.8 Å². The first-order chi connectivity index (χ1) is 11.5. The van der Waals surface area contributed by atoms with Crippen LogP contribution in [0.3, 0.4) is 0 Å². The van der Waals surface area contributed by atoms with Gasteiger partial charge < -0.3 is 20.7 Å². The molecule has 1 atom stereocenters. The van der Waals surface area contributed by atoms with Crippen molar-refractivity contribution < 1.29 is 5.11 Å². The zero-order valence-corrected chi connectivity index (χ0v) is 14.8. The zero-order valence-electron chi connectivity index (χ0n) is 14.8. The lowest BCUT2D eigenvalue weighted by atomic mass is 9.94. The molecule has 5 heteroatoms. The molecule has 1 aliphatic carbocycles. The summed E-state index contributed by atoms with van der Waals surface area (Å²) < 4.78 is 0. The Bertz CT molecular complexity index is 615. The Balaban J connectivity index is 1.97. The van der Waals surface area contributed by atoms with Crippen LogP contribution in [0.1, 0.15) is 27.2 Å². The molecular formula is C19H28N4O. The van der Waals surface area contributed by atoms with Crippen LogP contribution in [0.2, 0.25) is 0 Å². The highest BCUT2D eigenvalue weighted by Crippen LogP contribution is 2.20. The van der Waals surface area contributed by atoms with Crippen molar-refractivity contribution in [3.8, 4) is 0 Å². The molecule has 3 N–H and O–H groups in total. The highest BCUT2D eigenvalue weighted by molar-refractivity contribution is 6.46. The van der Waals surface area contributed by atoms with Gasteiger partial charge in [-0.3, -0.25) is 0 Å². The smallest absolute Gasteiger partial charge is 0.0846 e. The first kappa shape index (κ1) is 18.4. The van der Waals surface area contributed by atoms with E-state index in [0.29, 0.717) is 17.8 Å². The Morgan fingerprint density at radius 3 is 2.54 bits per heavy atom. The first-order valence-corrected chi connectivity index (χ1v) is 8.62. The van der Waals surface area contributed by atoms with E-state index in [1.54, 1.807) is 6.08 Å². The molecule has 2 rings (SSSR count). The van der Waals surface area contributed by atoms with Crippen LogP contribution in [0, 0.1) is 5.41 Å². The Morgan fingerprint density at radius 1 is 1.25 bits per heavy atom. The van der Waals surface area contributed by atoms with Crippen molar-refractivity contribution in [2.75, 3.05) is 31.5 Å². The van der Waals surface area contributed by atoms with E-state index in [4.69, 9.17) is 5.41 Å². The number of nitrogens with zero attached hydrogens (tertiary/aromatic N) is 2. The van der Waals surface area contributed by atoms with Crippen molar-refractivity contribution in [2.24, 2.45) is 4.99 Å². The molecule has 0 fully saturated rings. The number of aliphatic imine (C=N–C) groups is 1. The highest BCUT2D eigenvalue weighted by atomic mass is 16.3. The minimum Gasteiger partial charge on any atom is -0.388 e. The van der Waals surface area contributed by atoms with Crippen LogP contribution in [-0.4, -0.2) is 53.7 Å². The van der Waals surface area contributed by atoms with Crippen LogP contribution in [0.15, 0.2) is 40.9 Å². The fourth-order valence-corrected chi connectivity index (χ4v) is 2.65. The molecule has 0 spiro atoms. The number of allylic oxidation sites excluding steroid dienone is 1. The van der Waals surface area contributed by atoms with Crippen LogP contribution >= 0.6 is 0 Å². The number of benzene rings is 1. The number of likely N-dealkylation sites (N-methyl/N-ethyl adjacent to an activating group) is 1. The lowest BCUT2D eigenvalue weighted by molar-refractivity contribution is 0.218. The van der Waals surface area contributed by atoms with E-state index >= 15 is 0 Å². The van der Waals surface area contributed by atoms with Crippen LogP contribution in [0.5, 0.6) is 0 Å². The van der Waals surface area contributed by atoms with Crippen LogP contribution in [0.4, 0.5) is 11.4 Å². The second-order valence-corrected chi connectivity index (χ2v) is 6.08. The summed E-state index contributed by atoms with van der Waals surface area (Å²) in [5, 5.41) is 21.1. The van der Waals surface area contributed by atoms with Gasteiger partial charge in [0.1, 0.15) is 0 Å². The topological polar surface area (TPSA) is 71.7 Å². The summed E-state index contributed by atoms with van der Waals surface area (Å²) in [6, 6.07) is 7.93. The molecule has 0 bridgehead atoms. The predicted molar refractivity (Wildman–Crippen MR) is 102 cm³/mol. The van der Waals surface area contributed by atoms with Crippen LogP contribution in [0.25, 0.3) is 0 Å². The second-order valence-electron chi connectivity index (χ2n) is 6.08. The van der Waals surface area contributed by atoms with E-state index in [2.05, 4.69) is 29.1 Å². The number of nitrogens with one attached hydrogen (secondary N) is 2. The van der Waals surface area contributed by atoms with Gasteiger partial charge in [0.25, 0.3) is 0 Å². The van der Waals surface area contributed by atoms with Gasteiger partial charge in [-0.05, 0) is 55.9 Å². The van der Waals surface area contributed by atoms with Gasteiger partial charge in [0.05, 0.1) is 23.2 Å². The first-order valence-electron chi connectivity index (χ1n) is 8.62. The number of anilines is 1. The van der Waals surface area contributed by atoms with Crippen LogP contribution in [-0.2, 0) is 0 Å². The summed E-state index contributed by atoms with van der Waals surface area (Å²) >= 11 is 0. The van der Waals surface area contributed by atoms with Crippen molar-refractivity contribution in [3.63, 3.8) is 0 Å². The summed E-state index contributed by atoms with van der Waals surface area (Å²) in [4.78, 5) is 6.91. The van der Waals surface area contributed by atoms with Gasteiger partial charge in [-0.15, -0.1) is 0 Å². The summed E-state index contributed by atoms with van der Waals surface area (Å²) in [5.74, 6) is 0. The lowest BCUT2D eigenvalue weighted by Crippen LogP contribution is -2.28. The zero-order chi connectivity index (χ0) is 17.5. The molecule has 0 amide bonds. The lowest BCUT2D eigenvalue weighted by Gasteiger charge is -2.19. The van der Waals surface area contributed by atoms with Gasteiger partial charge in [0.15, 0.2) is 0 Å².